The lowest BCUT2D eigenvalue weighted by Gasteiger charge is -2.36. The van der Waals surface area contributed by atoms with E-state index in [1.54, 1.807) is 0 Å². The zero-order valence-corrected chi connectivity index (χ0v) is 12.9. The molecule has 0 saturated heterocycles. The maximum absolute atomic E-state index is 12.4. The first-order valence-electron chi connectivity index (χ1n) is 6.80. The maximum atomic E-state index is 12.4. The highest BCUT2D eigenvalue weighted by molar-refractivity contribution is 6.31. The summed E-state index contributed by atoms with van der Waals surface area (Å²) in [6.45, 7) is 0. The first kappa shape index (κ1) is 16.0. The van der Waals surface area contributed by atoms with Crippen LogP contribution in [0.25, 0.3) is 0 Å². The fourth-order valence-electron chi connectivity index (χ4n) is 2.68. The Hall–Kier alpha value is -1.33. The number of carbonyl (C=O) groups is 1. The van der Waals surface area contributed by atoms with E-state index in [-0.39, 0.29) is 16.3 Å². The Labute approximate surface area is 132 Å². The Balaban J connectivity index is 2.27. The highest BCUT2D eigenvalue weighted by Gasteiger charge is 2.34. The first-order chi connectivity index (χ1) is 9.97. The number of nitrogens with one attached hydrogen (secondary N) is 1. The van der Waals surface area contributed by atoms with Crippen molar-refractivity contribution in [3.63, 3.8) is 0 Å². The molecular formula is C14H16Cl2N2O3. The molecular weight excluding hydrogens is 315 g/mol. The van der Waals surface area contributed by atoms with Gasteiger partial charge in [-0.1, -0.05) is 30.9 Å². The molecule has 1 aliphatic carbocycles. The van der Waals surface area contributed by atoms with E-state index < -0.39 is 16.4 Å². The Bertz CT molecular complexity index is 557. The number of nitrogens with zero attached hydrogens (tertiary/aromatic N) is 1. The molecule has 0 heterocycles. The molecule has 0 radical (unpaired) electrons. The van der Waals surface area contributed by atoms with Gasteiger partial charge in [-0.05, 0) is 25.0 Å². The van der Waals surface area contributed by atoms with Gasteiger partial charge in [-0.15, -0.1) is 11.6 Å². The van der Waals surface area contributed by atoms with Gasteiger partial charge >= 0.3 is 0 Å². The molecule has 0 bridgehead atoms. The van der Waals surface area contributed by atoms with Crippen LogP contribution in [0.1, 0.15) is 42.5 Å². The van der Waals surface area contributed by atoms with Crippen LogP contribution in [0.2, 0.25) is 5.02 Å². The number of rotatable bonds is 4. The first-order valence-corrected chi connectivity index (χ1v) is 7.71. The van der Waals surface area contributed by atoms with Gasteiger partial charge < -0.3 is 5.32 Å². The fourth-order valence-corrected chi connectivity index (χ4v) is 3.18. The SMILES string of the molecule is O=C(NC1(CCl)CCCCC1)c1cc(Cl)ccc1[N+](=O)[O-]. The fraction of sp³-hybridized carbons (Fsp3) is 0.500. The van der Waals surface area contributed by atoms with Crippen molar-refractivity contribution >= 4 is 34.8 Å². The number of amides is 1. The minimum atomic E-state index is -0.584. The quantitative estimate of drug-likeness (QED) is 0.516. The molecule has 1 aromatic carbocycles. The van der Waals surface area contributed by atoms with Crippen molar-refractivity contribution in [1.82, 2.24) is 5.32 Å². The second kappa shape index (κ2) is 6.62. The number of carbonyl (C=O) groups excluding carboxylic acids is 1. The summed E-state index contributed by atoms with van der Waals surface area (Å²) in [5, 5.41) is 14.2. The van der Waals surface area contributed by atoms with Crippen LogP contribution < -0.4 is 5.32 Å². The second-order valence-corrected chi connectivity index (χ2v) is 6.05. The Kier molecular flexibility index (Phi) is 5.06. The van der Waals surface area contributed by atoms with Gasteiger partial charge in [0.15, 0.2) is 0 Å². The number of nitro groups is 1. The summed E-state index contributed by atoms with van der Waals surface area (Å²) in [7, 11) is 0. The number of benzene rings is 1. The predicted octanol–water partition coefficient (Wildman–Crippen LogP) is 3.92. The van der Waals surface area contributed by atoms with Crippen LogP contribution in [0.5, 0.6) is 0 Å². The molecule has 1 fully saturated rings. The van der Waals surface area contributed by atoms with Crippen molar-refractivity contribution < 1.29 is 9.72 Å². The molecule has 5 nitrogen and oxygen atoms in total. The molecule has 0 unspecified atom stereocenters. The van der Waals surface area contributed by atoms with E-state index in [1.807, 2.05) is 0 Å². The second-order valence-electron chi connectivity index (χ2n) is 5.35. The molecule has 0 atom stereocenters. The highest BCUT2D eigenvalue weighted by atomic mass is 35.5. The monoisotopic (exact) mass is 330 g/mol. The largest absolute Gasteiger partial charge is 0.345 e. The lowest BCUT2D eigenvalue weighted by molar-refractivity contribution is -0.385. The molecule has 7 heteroatoms. The van der Waals surface area contributed by atoms with Gasteiger partial charge in [-0.25, -0.2) is 0 Å². The topological polar surface area (TPSA) is 72.2 Å². The lowest BCUT2D eigenvalue weighted by atomic mass is 9.83. The molecule has 0 aromatic heterocycles. The van der Waals surface area contributed by atoms with E-state index in [1.165, 1.54) is 18.2 Å². The van der Waals surface area contributed by atoms with Crippen LogP contribution in [-0.2, 0) is 0 Å². The van der Waals surface area contributed by atoms with Gasteiger partial charge in [0.1, 0.15) is 5.56 Å². The number of hydrogen-bond acceptors (Lipinski definition) is 3. The summed E-state index contributed by atoms with van der Waals surface area (Å²) in [4.78, 5) is 22.9. The molecule has 114 valence electrons. The molecule has 1 N–H and O–H groups in total. The zero-order chi connectivity index (χ0) is 15.5. The van der Waals surface area contributed by atoms with Crippen molar-refractivity contribution in [1.29, 1.82) is 0 Å². The van der Waals surface area contributed by atoms with Gasteiger partial charge in [0.05, 0.1) is 10.5 Å². The van der Waals surface area contributed by atoms with E-state index >= 15 is 0 Å². The minimum Gasteiger partial charge on any atom is -0.345 e. The third-order valence-corrected chi connectivity index (χ3v) is 4.59. The minimum absolute atomic E-state index is 0.0254. The van der Waals surface area contributed by atoms with E-state index in [2.05, 4.69) is 5.32 Å². The van der Waals surface area contributed by atoms with E-state index in [9.17, 15) is 14.9 Å². The van der Waals surface area contributed by atoms with Crippen LogP contribution in [0, 0.1) is 10.1 Å². The third-order valence-electron chi connectivity index (χ3n) is 3.85. The summed E-state index contributed by atoms with van der Waals surface area (Å²) in [6.07, 6.45) is 4.67. The van der Waals surface area contributed by atoms with E-state index in [0.717, 1.165) is 32.1 Å². The van der Waals surface area contributed by atoms with Crippen LogP contribution >= 0.6 is 23.2 Å². The molecule has 21 heavy (non-hydrogen) atoms. The van der Waals surface area contributed by atoms with Crippen molar-refractivity contribution in [2.45, 2.75) is 37.6 Å². The summed E-state index contributed by atoms with van der Waals surface area (Å²) in [5.74, 6) is -0.195. The van der Waals surface area contributed by atoms with Crippen molar-refractivity contribution in [3.8, 4) is 0 Å². The molecule has 2 rings (SSSR count). The lowest BCUT2D eigenvalue weighted by Crippen LogP contribution is -2.51. The van der Waals surface area contributed by atoms with Gasteiger partial charge in [-0.3, -0.25) is 14.9 Å². The highest BCUT2D eigenvalue weighted by Crippen LogP contribution is 2.31. The maximum Gasteiger partial charge on any atom is 0.282 e. The molecule has 1 amide bonds. The number of hydrogen-bond donors (Lipinski definition) is 1. The smallest absolute Gasteiger partial charge is 0.282 e. The van der Waals surface area contributed by atoms with Crippen LogP contribution in [0.15, 0.2) is 18.2 Å². The Morgan fingerprint density at radius 1 is 1.33 bits per heavy atom. The molecule has 0 spiro atoms. The molecule has 1 aromatic rings. The summed E-state index contributed by atoms with van der Waals surface area (Å²) < 4.78 is 0. The summed E-state index contributed by atoms with van der Waals surface area (Å²) >= 11 is 11.9. The van der Waals surface area contributed by atoms with Crippen molar-refractivity contribution in [3.05, 3.63) is 38.9 Å². The Morgan fingerprint density at radius 3 is 2.57 bits per heavy atom. The van der Waals surface area contributed by atoms with E-state index in [0.29, 0.717) is 5.88 Å². The summed E-state index contributed by atoms with van der Waals surface area (Å²) in [5.41, 5.74) is -0.757. The standard InChI is InChI=1S/C14H16Cl2N2O3/c15-9-14(6-2-1-3-7-14)17-13(19)11-8-10(16)4-5-12(11)18(20)21/h4-5,8H,1-3,6-7,9H2,(H,17,19). The van der Waals surface area contributed by atoms with Crippen LogP contribution in [-0.4, -0.2) is 22.2 Å². The predicted molar refractivity (Wildman–Crippen MR) is 82.1 cm³/mol. The average molecular weight is 331 g/mol. The molecule has 1 saturated carbocycles. The van der Waals surface area contributed by atoms with Crippen LogP contribution in [0.3, 0.4) is 0 Å². The summed E-state index contributed by atoms with van der Waals surface area (Å²) in [6, 6.07) is 3.96. The van der Waals surface area contributed by atoms with Crippen LogP contribution in [0.4, 0.5) is 5.69 Å². The van der Waals surface area contributed by atoms with Crippen molar-refractivity contribution in [2.24, 2.45) is 0 Å². The van der Waals surface area contributed by atoms with Crippen molar-refractivity contribution in [2.75, 3.05) is 5.88 Å². The third kappa shape index (κ3) is 3.66. The Morgan fingerprint density at radius 2 is 2.00 bits per heavy atom. The number of nitro benzene ring substituents is 1. The average Bonchev–Trinajstić information content (AvgIpc) is 2.47. The van der Waals surface area contributed by atoms with Gasteiger partial charge in [0.25, 0.3) is 11.6 Å². The number of alkyl halides is 1. The van der Waals surface area contributed by atoms with E-state index in [4.69, 9.17) is 23.2 Å². The van der Waals surface area contributed by atoms with Gasteiger partial charge in [0.2, 0.25) is 0 Å². The molecule has 0 aliphatic heterocycles. The normalized spacial score (nSPS) is 17.2. The van der Waals surface area contributed by atoms with Gasteiger partial charge in [-0.2, -0.15) is 0 Å². The van der Waals surface area contributed by atoms with Gasteiger partial charge in [0, 0.05) is 17.0 Å². The zero-order valence-electron chi connectivity index (χ0n) is 11.4. The molecule has 1 aliphatic rings. The number of halogens is 2.